The van der Waals surface area contributed by atoms with Gasteiger partial charge in [-0.05, 0) is 18.2 Å². The average molecular weight is 188 g/mol. The first-order valence-corrected chi connectivity index (χ1v) is 4.72. The number of hydrogen-bond donors (Lipinski definition) is 1. The van der Waals surface area contributed by atoms with Crippen LogP contribution in [-0.4, -0.2) is 19.7 Å². The number of ether oxygens (including phenoxy) is 1. The molecule has 0 saturated carbocycles. The minimum absolute atomic E-state index is 0.626. The molecule has 1 aromatic rings. The summed E-state index contributed by atoms with van der Waals surface area (Å²) in [4.78, 5) is 0. The Balaban J connectivity index is 1.91. The average Bonchev–Trinajstić information content (AvgIpc) is 2.16. The molecule has 1 aliphatic rings. The SMILES string of the molecule is N#Cc1cccc(OCC2CNC2)c1. The number of hydrogen-bond acceptors (Lipinski definition) is 3. The summed E-state index contributed by atoms with van der Waals surface area (Å²) >= 11 is 0. The Morgan fingerprint density at radius 2 is 2.36 bits per heavy atom. The standard InChI is InChI=1S/C11H12N2O/c12-5-9-2-1-3-11(4-9)14-8-10-6-13-7-10/h1-4,10,13H,6-8H2. The van der Waals surface area contributed by atoms with E-state index >= 15 is 0 Å². The third-order valence-electron chi connectivity index (χ3n) is 2.31. The molecule has 2 rings (SSSR count). The molecule has 1 fully saturated rings. The normalized spacial score (nSPS) is 15.6. The lowest BCUT2D eigenvalue weighted by Crippen LogP contribution is -2.45. The summed E-state index contributed by atoms with van der Waals surface area (Å²) in [6, 6.07) is 9.36. The maximum Gasteiger partial charge on any atom is 0.120 e. The molecule has 1 aromatic carbocycles. The lowest BCUT2D eigenvalue weighted by Gasteiger charge is -2.26. The van der Waals surface area contributed by atoms with E-state index in [1.807, 2.05) is 12.1 Å². The Kier molecular flexibility index (Phi) is 2.66. The fourth-order valence-electron chi connectivity index (χ4n) is 1.34. The van der Waals surface area contributed by atoms with Gasteiger partial charge in [-0.25, -0.2) is 0 Å². The molecule has 0 unspecified atom stereocenters. The molecule has 0 spiro atoms. The quantitative estimate of drug-likeness (QED) is 0.774. The Labute approximate surface area is 83.3 Å². The van der Waals surface area contributed by atoms with Gasteiger partial charge in [-0.1, -0.05) is 6.07 Å². The molecule has 0 aliphatic carbocycles. The lowest BCUT2D eigenvalue weighted by molar-refractivity contribution is 0.199. The lowest BCUT2D eigenvalue weighted by atomic mass is 10.1. The Hall–Kier alpha value is -1.53. The minimum Gasteiger partial charge on any atom is -0.493 e. The van der Waals surface area contributed by atoms with E-state index in [-0.39, 0.29) is 0 Å². The van der Waals surface area contributed by atoms with Crippen LogP contribution >= 0.6 is 0 Å². The van der Waals surface area contributed by atoms with Crippen LogP contribution in [0.1, 0.15) is 5.56 Å². The van der Waals surface area contributed by atoms with E-state index in [4.69, 9.17) is 10.00 Å². The summed E-state index contributed by atoms with van der Waals surface area (Å²) in [7, 11) is 0. The van der Waals surface area contributed by atoms with Crippen molar-refractivity contribution >= 4 is 0 Å². The van der Waals surface area contributed by atoms with Crippen molar-refractivity contribution in [1.29, 1.82) is 5.26 Å². The fraction of sp³-hybridized carbons (Fsp3) is 0.364. The Morgan fingerprint density at radius 3 is 3.00 bits per heavy atom. The highest BCUT2D eigenvalue weighted by atomic mass is 16.5. The second-order valence-corrected chi connectivity index (χ2v) is 3.47. The molecule has 3 heteroatoms. The molecular formula is C11H12N2O. The van der Waals surface area contributed by atoms with Crippen LogP contribution < -0.4 is 10.1 Å². The molecule has 0 amide bonds. The van der Waals surface area contributed by atoms with Crippen LogP contribution in [0.3, 0.4) is 0 Å². The molecule has 0 radical (unpaired) electrons. The van der Waals surface area contributed by atoms with Gasteiger partial charge in [0.15, 0.2) is 0 Å². The third kappa shape index (κ3) is 2.04. The van der Waals surface area contributed by atoms with Crippen LogP contribution in [0.2, 0.25) is 0 Å². The van der Waals surface area contributed by atoms with E-state index in [2.05, 4.69) is 11.4 Å². The maximum atomic E-state index is 8.68. The molecule has 0 atom stereocenters. The third-order valence-corrected chi connectivity index (χ3v) is 2.31. The second kappa shape index (κ2) is 4.12. The monoisotopic (exact) mass is 188 g/mol. The number of nitrogens with one attached hydrogen (secondary N) is 1. The van der Waals surface area contributed by atoms with Crippen LogP contribution in [-0.2, 0) is 0 Å². The van der Waals surface area contributed by atoms with Gasteiger partial charge >= 0.3 is 0 Å². The van der Waals surface area contributed by atoms with Crippen molar-refractivity contribution in [3.05, 3.63) is 29.8 Å². The predicted octanol–water partition coefficient (Wildman–Crippen LogP) is 1.16. The molecule has 1 heterocycles. The van der Waals surface area contributed by atoms with Crippen molar-refractivity contribution in [3.8, 4) is 11.8 Å². The van der Waals surface area contributed by atoms with E-state index in [1.165, 1.54) is 0 Å². The molecule has 3 nitrogen and oxygen atoms in total. The summed E-state index contributed by atoms with van der Waals surface area (Å²) < 4.78 is 5.56. The first-order valence-electron chi connectivity index (χ1n) is 4.72. The molecule has 1 N–H and O–H groups in total. The number of nitrogens with zero attached hydrogens (tertiary/aromatic N) is 1. The highest BCUT2D eigenvalue weighted by Gasteiger charge is 2.16. The number of benzene rings is 1. The van der Waals surface area contributed by atoms with Crippen LogP contribution in [0, 0.1) is 17.2 Å². The van der Waals surface area contributed by atoms with Gasteiger partial charge in [0, 0.05) is 19.0 Å². The summed E-state index contributed by atoms with van der Waals surface area (Å²) in [5.74, 6) is 1.41. The van der Waals surface area contributed by atoms with Gasteiger partial charge in [0.2, 0.25) is 0 Å². The molecule has 1 saturated heterocycles. The molecule has 0 aromatic heterocycles. The van der Waals surface area contributed by atoms with E-state index in [0.29, 0.717) is 11.5 Å². The number of nitriles is 1. The first-order chi connectivity index (χ1) is 6.88. The first kappa shape index (κ1) is 9.04. The second-order valence-electron chi connectivity index (χ2n) is 3.47. The van der Waals surface area contributed by atoms with Crippen LogP contribution in [0.4, 0.5) is 0 Å². The van der Waals surface area contributed by atoms with E-state index < -0.39 is 0 Å². The van der Waals surface area contributed by atoms with Crippen molar-refractivity contribution in [2.45, 2.75) is 0 Å². The van der Waals surface area contributed by atoms with Gasteiger partial charge in [0.25, 0.3) is 0 Å². The highest BCUT2D eigenvalue weighted by molar-refractivity contribution is 5.36. The van der Waals surface area contributed by atoms with Crippen LogP contribution in [0.15, 0.2) is 24.3 Å². The van der Waals surface area contributed by atoms with E-state index in [1.54, 1.807) is 12.1 Å². The van der Waals surface area contributed by atoms with Gasteiger partial charge < -0.3 is 10.1 Å². The van der Waals surface area contributed by atoms with E-state index in [9.17, 15) is 0 Å². The minimum atomic E-state index is 0.626. The summed E-state index contributed by atoms with van der Waals surface area (Å²) in [6.45, 7) is 2.82. The Morgan fingerprint density at radius 1 is 1.50 bits per heavy atom. The van der Waals surface area contributed by atoms with Crippen molar-refractivity contribution in [1.82, 2.24) is 5.32 Å². The van der Waals surface area contributed by atoms with Crippen molar-refractivity contribution in [2.75, 3.05) is 19.7 Å². The van der Waals surface area contributed by atoms with Gasteiger partial charge in [0.1, 0.15) is 5.75 Å². The predicted molar refractivity (Wildman–Crippen MR) is 53.0 cm³/mol. The molecule has 0 bridgehead atoms. The van der Waals surface area contributed by atoms with Gasteiger partial charge in [-0.15, -0.1) is 0 Å². The smallest absolute Gasteiger partial charge is 0.120 e. The summed E-state index contributed by atoms with van der Waals surface area (Å²) in [5, 5.41) is 11.9. The Bertz CT molecular complexity index is 353. The van der Waals surface area contributed by atoms with Crippen molar-refractivity contribution < 1.29 is 4.74 Å². The van der Waals surface area contributed by atoms with E-state index in [0.717, 1.165) is 25.4 Å². The molecular weight excluding hydrogens is 176 g/mol. The highest BCUT2D eigenvalue weighted by Crippen LogP contribution is 2.14. The fourth-order valence-corrected chi connectivity index (χ4v) is 1.34. The topological polar surface area (TPSA) is 45.0 Å². The van der Waals surface area contributed by atoms with Crippen LogP contribution in [0.5, 0.6) is 5.75 Å². The number of rotatable bonds is 3. The van der Waals surface area contributed by atoms with Crippen molar-refractivity contribution in [2.24, 2.45) is 5.92 Å². The van der Waals surface area contributed by atoms with Gasteiger partial charge in [0.05, 0.1) is 18.2 Å². The van der Waals surface area contributed by atoms with Gasteiger partial charge in [-0.3, -0.25) is 0 Å². The zero-order valence-electron chi connectivity index (χ0n) is 7.86. The largest absolute Gasteiger partial charge is 0.493 e. The molecule has 72 valence electrons. The molecule has 1 aliphatic heterocycles. The zero-order valence-corrected chi connectivity index (χ0v) is 7.86. The zero-order chi connectivity index (χ0) is 9.80. The summed E-state index contributed by atoms with van der Waals surface area (Å²) in [5.41, 5.74) is 0.647. The summed E-state index contributed by atoms with van der Waals surface area (Å²) in [6.07, 6.45) is 0. The van der Waals surface area contributed by atoms with Gasteiger partial charge in [-0.2, -0.15) is 5.26 Å². The van der Waals surface area contributed by atoms with Crippen molar-refractivity contribution in [3.63, 3.8) is 0 Å². The van der Waals surface area contributed by atoms with Crippen LogP contribution in [0.25, 0.3) is 0 Å². The maximum absolute atomic E-state index is 8.68. The molecule has 14 heavy (non-hydrogen) atoms.